The monoisotopic (exact) mass is 266 g/mol. The molecule has 0 aliphatic heterocycles. The van der Waals surface area contributed by atoms with E-state index >= 15 is 0 Å². The normalized spacial score (nSPS) is 11.6. The third-order valence-corrected chi connectivity index (χ3v) is 2.50. The first kappa shape index (κ1) is 14.8. The minimum absolute atomic E-state index is 0.210. The number of carbonyl (C=O) groups is 2. The number of methoxy groups -OCH3 is 1. The molecule has 1 aromatic rings. The number of nitrogens with zero attached hydrogens (tertiary/aromatic N) is 1. The number of rotatable bonds is 4. The maximum atomic E-state index is 11.7. The number of carbonyl (C=O) groups excluding carboxylic acids is 2. The van der Waals surface area contributed by atoms with Crippen LogP contribution in [-0.2, 0) is 9.53 Å². The molecule has 0 aliphatic rings. The van der Waals surface area contributed by atoms with Crippen molar-refractivity contribution >= 4 is 17.6 Å². The number of benzene rings is 1. The van der Waals surface area contributed by atoms with Crippen LogP contribution in [0.15, 0.2) is 18.2 Å². The summed E-state index contributed by atoms with van der Waals surface area (Å²) in [6.07, 6.45) is -0.722. The second-order valence-corrected chi connectivity index (χ2v) is 4.24. The van der Waals surface area contributed by atoms with Crippen molar-refractivity contribution in [2.75, 3.05) is 26.9 Å². The third-order valence-electron chi connectivity index (χ3n) is 2.50. The highest BCUT2D eigenvalue weighted by molar-refractivity contribution is 5.93. The Bertz CT molecular complexity index is 486. The molecule has 0 aromatic heterocycles. The predicted octanol–water partition coefficient (Wildman–Crippen LogP) is 0.911. The van der Waals surface area contributed by atoms with Crippen molar-refractivity contribution in [1.29, 1.82) is 0 Å². The van der Waals surface area contributed by atoms with Crippen LogP contribution in [0, 0.1) is 0 Å². The van der Waals surface area contributed by atoms with Crippen molar-refractivity contribution in [3.63, 3.8) is 0 Å². The highest BCUT2D eigenvalue weighted by Gasteiger charge is 2.20. The molecule has 0 saturated carbocycles. The summed E-state index contributed by atoms with van der Waals surface area (Å²) < 4.78 is 10.2. The van der Waals surface area contributed by atoms with Gasteiger partial charge in [-0.25, -0.2) is 4.79 Å². The van der Waals surface area contributed by atoms with Crippen molar-refractivity contribution in [1.82, 2.24) is 4.90 Å². The standard InChI is InChI=1S/C13H18N2O4/c1-8(12(16)15(2)3)19-11-7-9(14)5-6-10(11)13(17)18-4/h5-8H,14H2,1-4H3. The van der Waals surface area contributed by atoms with Gasteiger partial charge in [0.05, 0.1) is 7.11 Å². The van der Waals surface area contributed by atoms with Crippen molar-refractivity contribution in [3.8, 4) is 5.75 Å². The van der Waals surface area contributed by atoms with Gasteiger partial charge in [-0.2, -0.15) is 0 Å². The third kappa shape index (κ3) is 3.61. The van der Waals surface area contributed by atoms with E-state index in [0.29, 0.717) is 5.69 Å². The average molecular weight is 266 g/mol. The van der Waals surface area contributed by atoms with E-state index in [-0.39, 0.29) is 17.2 Å². The van der Waals surface area contributed by atoms with Gasteiger partial charge in [0.25, 0.3) is 5.91 Å². The van der Waals surface area contributed by atoms with Gasteiger partial charge in [0.15, 0.2) is 6.10 Å². The molecule has 0 heterocycles. The molecule has 6 nitrogen and oxygen atoms in total. The molecule has 2 N–H and O–H groups in total. The van der Waals surface area contributed by atoms with E-state index in [0.717, 1.165) is 0 Å². The lowest BCUT2D eigenvalue weighted by atomic mass is 10.2. The van der Waals surface area contributed by atoms with Gasteiger partial charge in [-0.15, -0.1) is 0 Å². The smallest absolute Gasteiger partial charge is 0.341 e. The van der Waals surface area contributed by atoms with Crippen LogP contribution in [0.2, 0.25) is 0 Å². The molecule has 0 fully saturated rings. The molecule has 0 saturated heterocycles. The van der Waals surface area contributed by atoms with Gasteiger partial charge < -0.3 is 20.1 Å². The number of ether oxygens (including phenoxy) is 2. The van der Waals surface area contributed by atoms with Crippen LogP contribution >= 0.6 is 0 Å². The summed E-state index contributed by atoms with van der Waals surface area (Å²) in [6, 6.07) is 4.56. The molecule has 104 valence electrons. The molecule has 0 aliphatic carbocycles. The Morgan fingerprint density at radius 2 is 1.95 bits per heavy atom. The van der Waals surface area contributed by atoms with Gasteiger partial charge >= 0.3 is 5.97 Å². The summed E-state index contributed by atoms with van der Waals surface area (Å²) in [7, 11) is 4.53. The van der Waals surface area contributed by atoms with E-state index in [4.69, 9.17) is 10.5 Å². The Morgan fingerprint density at radius 1 is 1.32 bits per heavy atom. The zero-order valence-corrected chi connectivity index (χ0v) is 11.5. The van der Waals surface area contributed by atoms with E-state index in [2.05, 4.69) is 4.74 Å². The van der Waals surface area contributed by atoms with Gasteiger partial charge in [0.2, 0.25) is 0 Å². The number of hydrogen-bond acceptors (Lipinski definition) is 5. The summed E-state index contributed by atoms with van der Waals surface area (Å²) in [5, 5.41) is 0. The minimum Gasteiger partial charge on any atom is -0.480 e. The first-order chi connectivity index (χ1) is 8.86. The Kier molecular flexibility index (Phi) is 4.74. The zero-order valence-electron chi connectivity index (χ0n) is 11.5. The van der Waals surface area contributed by atoms with Crippen LogP contribution in [0.1, 0.15) is 17.3 Å². The van der Waals surface area contributed by atoms with Gasteiger partial charge in [-0.1, -0.05) is 0 Å². The molecule has 0 spiro atoms. The minimum atomic E-state index is -0.722. The van der Waals surface area contributed by atoms with Crippen LogP contribution in [0.3, 0.4) is 0 Å². The fraction of sp³-hybridized carbons (Fsp3) is 0.385. The van der Waals surface area contributed by atoms with Gasteiger partial charge in [-0.05, 0) is 19.1 Å². The molecule has 1 amide bonds. The lowest BCUT2D eigenvalue weighted by Gasteiger charge is -2.19. The van der Waals surface area contributed by atoms with Crippen LogP contribution in [0.4, 0.5) is 5.69 Å². The molecule has 1 rings (SSSR count). The lowest BCUT2D eigenvalue weighted by Crippen LogP contribution is -2.35. The van der Waals surface area contributed by atoms with Crippen molar-refractivity contribution in [2.24, 2.45) is 0 Å². The number of likely N-dealkylation sites (N-methyl/N-ethyl adjacent to an activating group) is 1. The summed E-state index contributed by atoms with van der Waals surface area (Å²) in [4.78, 5) is 24.7. The Labute approximate surface area is 112 Å². The van der Waals surface area contributed by atoms with Gasteiger partial charge in [0.1, 0.15) is 11.3 Å². The Balaban J connectivity index is 3.02. The summed E-state index contributed by atoms with van der Waals surface area (Å²) in [6.45, 7) is 1.60. The summed E-state index contributed by atoms with van der Waals surface area (Å²) in [5.74, 6) is -0.521. The van der Waals surface area contributed by atoms with Crippen LogP contribution in [0.25, 0.3) is 0 Å². The molecular formula is C13H18N2O4. The number of amides is 1. The van der Waals surface area contributed by atoms with E-state index < -0.39 is 12.1 Å². The Hall–Kier alpha value is -2.24. The fourth-order valence-corrected chi connectivity index (χ4v) is 1.52. The van der Waals surface area contributed by atoms with Crippen LogP contribution in [0.5, 0.6) is 5.75 Å². The zero-order chi connectivity index (χ0) is 14.6. The Morgan fingerprint density at radius 3 is 2.47 bits per heavy atom. The summed E-state index contributed by atoms with van der Waals surface area (Å²) >= 11 is 0. The quantitative estimate of drug-likeness (QED) is 0.647. The second-order valence-electron chi connectivity index (χ2n) is 4.24. The fourth-order valence-electron chi connectivity index (χ4n) is 1.52. The number of hydrogen-bond donors (Lipinski definition) is 1. The van der Waals surface area contributed by atoms with E-state index in [1.165, 1.54) is 24.1 Å². The lowest BCUT2D eigenvalue weighted by molar-refractivity contribution is -0.135. The second kappa shape index (κ2) is 6.08. The number of nitrogen functional groups attached to an aromatic ring is 1. The van der Waals surface area contributed by atoms with Crippen LogP contribution in [-0.4, -0.2) is 44.1 Å². The van der Waals surface area contributed by atoms with Gasteiger partial charge in [-0.3, -0.25) is 4.79 Å². The number of nitrogens with two attached hydrogens (primary N) is 1. The van der Waals surface area contributed by atoms with Crippen LogP contribution < -0.4 is 10.5 Å². The first-order valence-corrected chi connectivity index (χ1v) is 5.72. The maximum Gasteiger partial charge on any atom is 0.341 e. The summed E-state index contributed by atoms with van der Waals surface area (Å²) in [5.41, 5.74) is 6.32. The highest BCUT2D eigenvalue weighted by Crippen LogP contribution is 2.24. The number of esters is 1. The average Bonchev–Trinajstić information content (AvgIpc) is 2.36. The SMILES string of the molecule is COC(=O)c1ccc(N)cc1OC(C)C(=O)N(C)C. The van der Waals surface area contributed by atoms with E-state index in [1.54, 1.807) is 27.1 Å². The molecule has 1 atom stereocenters. The van der Waals surface area contributed by atoms with E-state index in [1.807, 2.05) is 0 Å². The molecule has 1 aromatic carbocycles. The first-order valence-electron chi connectivity index (χ1n) is 5.72. The van der Waals surface area contributed by atoms with E-state index in [9.17, 15) is 9.59 Å². The largest absolute Gasteiger partial charge is 0.480 e. The molecular weight excluding hydrogens is 248 g/mol. The topological polar surface area (TPSA) is 81.9 Å². The van der Waals surface area contributed by atoms with Gasteiger partial charge in [0, 0.05) is 25.8 Å². The molecule has 0 bridgehead atoms. The highest BCUT2D eigenvalue weighted by atomic mass is 16.5. The number of anilines is 1. The molecule has 0 radical (unpaired) electrons. The molecule has 19 heavy (non-hydrogen) atoms. The predicted molar refractivity (Wildman–Crippen MR) is 71.0 cm³/mol. The van der Waals surface area contributed by atoms with Crippen molar-refractivity contribution in [3.05, 3.63) is 23.8 Å². The maximum absolute atomic E-state index is 11.7. The van der Waals surface area contributed by atoms with Crippen molar-refractivity contribution in [2.45, 2.75) is 13.0 Å². The molecule has 6 heteroatoms. The van der Waals surface area contributed by atoms with Crippen molar-refractivity contribution < 1.29 is 19.1 Å². The molecule has 1 unspecified atom stereocenters.